The Bertz CT molecular complexity index is 460. The van der Waals surface area contributed by atoms with E-state index in [1.165, 1.54) is 0 Å². The van der Waals surface area contributed by atoms with Crippen molar-refractivity contribution in [3.8, 4) is 5.75 Å². The lowest BCUT2D eigenvalue weighted by molar-refractivity contribution is 0.474. The molecule has 0 fully saturated rings. The smallest absolute Gasteiger partial charge is 0.191 e. The normalized spacial score (nSPS) is 15.7. The van der Waals surface area contributed by atoms with E-state index in [2.05, 4.69) is 34.7 Å². The van der Waals surface area contributed by atoms with E-state index in [0.717, 1.165) is 30.9 Å². The van der Waals surface area contributed by atoms with Gasteiger partial charge in [-0.05, 0) is 37.5 Å². The minimum atomic E-state index is 0.283. The molecule has 0 radical (unpaired) electrons. The van der Waals surface area contributed by atoms with E-state index in [-0.39, 0.29) is 5.75 Å². The van der Waals surface area contributed by atoms with Gasteiger partial charge in [0.15, 0.2) is 5.96 Å². The maximum atomic E-state index is 9.42. The Balaban J connectivity index is 1.95. The fourth-order valence-electron chi connectivity index (χ4n) is 2.07. The summed E-state index contributed by atoms with van der Waals surface area (Å²) in [6, 6.07) is 7.65. The maximum absolute atomic E-state index is 9.42. The molecule has 0 unspecified atom stereocenters. The molecule has 0 saturated carbocycles. The molecular weight excluding hydrogens is 238 g/mol. The molecule has 0 saturated heterocycles. The number of hydrogen-bond donors (Lipinski definition) is 3. The predicted molar refractivity (Wildman–Crippen MR) is 78.2 cm³/mol. The summed E-state index contributed by atoms with van der Waals surface area (Å²) < 4.78 is 0. The summed E-state index contributed by atoms with van der Waals surface area (Å²) >= 11 is 0. The number of nitrogens with zero attached hydrogens (tertiary/aromatic N) is 1. The highest BCUT2D eigenvalue weighted by Crippen LogP contribution is 2.12. The third kappa shape index (κ3) is 4.32. The lowest BCUT2D eigenvalue weighted by atomic mass is 10.2. The van der Waals surface area contributed by atoms with Crippen LogP contribution in [-0.4, -0.2) is 23.7 Å². The van der Waals surface area contributed by atoms with Crippen molar-refractivity contribution in [1.29, 1.82) is 0 Å². The molecule has 0 atom stereocenters. The molecule has 1 aliphatic carbocycles. The molecule has 0 spiro atoms. The fourth-order valence-corrected chi connectivity index (χ4v) is 2.07. The van der Waals surface area contributed by atoms with Gasteiger partial charge < -0.3 is 15.7 Å². The largest absolute Gasteiger partial charge is 0.508 e. The van der Waals surface area contributed by atoms with Crippen LogP contribution >= 0.6 is 0 Å². The Hall–Kier alpha value is -1.97. The number of guanidine groups is 1. The molecule has 4 nitrogen and oxygen atoms in total. The lowest BCUT2D eigenvalue weighted by Gasteiger charge is -2.16. The van der Waals surface area contributed by atoms with Crippen LogP contribution in [0.1, 0.15) is 25.3 Å². The van der Waals surface area contributed by atoms with E-state index < -0.39 is 0 Å². The van der Waals surface area contributed by atoms with Gasteiger partial charge in [0.1, 0.15) is 5.75 Å². The SMILES string of the molecule is CCNC(=NCc1cccc(O)c1)NC1CC=CC1. The van der Waals surface area contributed by atoms with Crippen molar-refractivity contribution in [2.45, 2.75) is 32.4 Å². The van der Waals surface area contributed by atoms with Crippen LogP contribution in [0.3, 0.4) is 0 Å². The molecule has 0 bridgehead atoms. The Morgan fingerprint density at radius 1 is 1.37 bits per heavy atom. The molecule has 0 heterocycles. The maximum Gasteiger partial charge on any atom is 0.191 e. The number of aliphatic imine (C=N–C) groups is 1. The number of benzene rings is 1. The van der Waals surface area contributed by atoms with Crippen molar-refractivity contribution in [3.63, 3.8) is 0 Å². The van der Waals surface area contributed by atoms with Crippen LogP contribution in [0.2, 0.25) is 0 Å². The third-order valence-electron chi connectivity index (χ3n) is 3.02. The molecule has 2 rings (SSSR count). The van der Waals surface area contributed by atoms with Crippen molar-refractivity contribution in [2.24, 2.45) is 4.99 Å². The predicted octanol–water partition coefficient (Wildman–Crippen LogP) is 2.17. The van der Waals surface area contributed by atoms with Crippen molar-refractivity contribution in [2.75, 3.05) is 6.54 Å². The minimum Gasteiger partial charge on any atom is -0.508 e. The highest BCUT2D eigenvalue weighted by Gasteiger charge is 2.11. The first-order valence-corrected chi connectivity index (χ1v) is 6.75. The average molecular weight is 259 g/mol. The van der Waals surface area contributed by atoms with E-state index >= 15 is 0 Å². The molecule has 0 aliphatic heterocycles. The quantitative estimate of drug-likeness (QED) is 0.441. The zero-order chi connectivity index (χ0) is 13.5. The van der Waals surface area contributed by atoms with Crippen LogP contribution in [0.5, 0.6) is 5.75 Å². The molecule has 1 aliphatic rings. The lowest BCUT2D eigenvalue weighted by Crippen LogP contribution is -2.42. The third-order valence-corrected chi connectivity index (χ3v) is 3.02. The Morgan fingerprint density at radius 3 is 2.84 bits per heavy atom. The van der Waals surface area contributed by atoms with Gasteiger partial charge >= 0.3 is 0 Å². The second-order valence-electron chi connectivity index (χ2n) is 4.65. The van der Waals surface area contributed by atoms with E-state index in [9.17, 15) is 5.11 Å². The first-order chi connectivity index (χ1) is 9.28. The number of rotatable bonds is 4. The molecule has 1 aromatic carbocycles. The Morgan fingerprint density at radius 2 is 2.16 bits per heavy atom. The highest BCUT2D eigenvalue weighted by molar-refractivity contribution is 5.80. The topological polar surface area (TPSA) is 56.7 Å². The second kappa shape index (κ2) is 6.83. The van der Waals surface area contributed by atoms with Crippen molar-refractivity contribution in [3.05, 3.63) is 42.0 Å². The van der Waals surface area contributed by atoms with Crippen molar-refractivity contribution < 1.29 is 5.11 Å². The van der Waals surface area contributed by atoms with E-state index in [1.807, 2.05) is 12.1 Å². The van der Waals surface area contributed by atoms with E-state index in [0.29, 0.717) is 12.6 Å². The van der Waals surface area contributed by atoms with Crippen LogP contribution < -0.4 is 10.6 Å². The molecular formula is C15H21N3O. The standard InChI is InChI=1S/C15H21N3O/c1-2-16-15(18-13-7-3-4-8-13)17-11-12-6-5-9-14(19)10-12/h3-6,9-10,13,19H,2,7-8,11H2,1H3,(H2,16,17,18). The summed E-state index contributed by atoms with van der Waals surface area (Å²) in [5.74, 6) is 1.12. The first kappa shape index (κ1) is 13.5. The zero-order valence-electron chi connectivity index (χ0n) is 11.3. The average Bonchev–Trinajstić information content (AvgIpc) is 2.89. The number of phenols is 1. The van der Waals surface area contributed by atoms with Crippen LogP contribution in [0.4, 0.5) is 0 Å². The number of nitrogens with one attached hydrogen (secondary N) is 2. The molecule has 19 heavy (non-hydrogen) atoms. The van der Waals surface area contributed by atoms with Gasteiger partial charge in [0.2, 0.25) is 0 Å². The second-order valence-corrected chi connectivity index (χ2v) is 4.65. The number of aromatic hydroxyl groups is 1. The van der Waals surface area contributed by atoms with Gasteiger partial charge in [0, 0.05) is 12.6 Å². The van der Waals surface area contributed by atoms with Gasteiger partial charge in [-0.3, -0.25) is 0 Å². The van der Waals surface area contributed by atoms with Gasteiger partial charge in [-0.25, -0.2) is 4.99 Å². The van der Waals surface area contributed by atoms with Crippen LogP contribution in [-0.2, 0) is 6.54 Å². The summed E-state index contributed by atoms with van der Waals surface area (Å²) in [6.07, 6.45) is 6.49. The van der Waals surface area contributed by atoms with E-state index in [4.69, 9.17) is 0 Å². The highest BCUT2D eigenvalue weighted by atomic mass is 16.3. The molecule has 0 aromatic heterocycles. The van der Waals surface area contributed by atoms with Crippen molar-refractivity contribution >= 4 is 5.96 Å². The van der Waals surface area contributed by atoms with Gasteiger partial charge in [0.25, 0.3) is 0 Å². The van der Waals surface area contributed by atoms with Crippen LogP contribution in [0.25, 0.3) is 0 Å². The molecule has 3 N–H and O–H groups in total. The molecule has 0 amide bonds. The van der Waals surface area contributed by atoms with Gasteiger partial charge in [-0.15, -0.1) is 0 Å². The monoisotopic (exact) mass is 259 g/mol. The van der Waals surface area contributed by atoms with Gasteiger partial charge in [0.05, 0.1) is 6.54 Å². The van der Waals surface area contributed by atoms with Crippen LogP contribution in [0.15, 0.2) is 41.4 Å². The number of phenolic OH excluding ortho intramolecular Hbond substituents is 1. The summed E-state index contributed by atoms with van der Waals surface area (Å²) in [5, 5.41) is 16.1. The number of hydrogen-bond acceptors (Lipinski definition) is 2. The fraction of sp³-hybridized carbons (Fsp3) is 0.400. The summed E-state index contributed by atoms with van der Waals surface area (Å²) in [4.78, 5) is 4.54. The summed E-state index contributed by atoms with van der Waals surface area (Å²) in [6.45, 7) is 3.45. The van der Waals surface area contributed by atoms with Crippen LogP contribution in [0, 0.1) is 0 Å². The molecule has 4 heteroatoms. The van der Waals surface area contributed by atoms with Gasteiger partial charge in [-0.2, -0.15) is 0 Å². The Labute approximate surface area is 114 Å². The molecule has 1 aromatic rings. The van der Waals surface area contributed by atoms with Gasteiger partial charge in [-0.1, -0.05) is 24.3 Å². The Kier molecular flexibility index (Phi) is 4.84. The molecule has 102 valence electrons. The van der Waals surface area contributed by atoms with Crippen molar-refractivity contribution in [1.82, 2.24) is 10.6 Å². The summed E-state index contributed by atoms with van der Waals surface area (Å²) in [7, 11) is 0. The summed E-state index contributed by atoms with van der Waals surface area (Å²) in [5.41, 5.74) is 1.00. The zero-order valence-corrected chi connectivity index (χ0v) is 11.3. The first-order valence-electron chi connectivity index (χ1n) is 6.75. The minimum absolute atomic E-state index is 0.283. The van der Waals surface area contributed by atoms with E-state index in [1.54, 1.807) is 12.1 Å².